The molecular weight excluding hydrogens is 533 g/mol. The van der Waals surface area contributed by atoms with E-state index in [0.29, 0.717) is 32.8 Å². The number of carbonyl (C=O) groups excluding carboxylic acids is 3. The molecule has 0 fully saturated rings. The number of esters is 2. The van der Waals surface area contributed by atoms with Crippen LogP contribution in [0.4, 0.5) is 0 Å². The molecule has 15 heteroatoms. The standard InChI is InChI=1S/C19H38N3O8S2.2ClH/c1-21(2,3)9-11-29-16(23)14-19(26,15-17(24)30-12-10-22(4,5)6)18(25)20-8-13-31-32(7,27)28;;/h26H,8-15H2,1-7H3;2*1H/q+1;;/p-1. The van der Waals surface area contributed by atoms with Gasteiger partial charge in [-0.1, -0.05) is 0 Å². The summed E-state index contributed by atoms with van der Waals surface area (Å²) < 4.78 is 33.7. The lowest BCUT2D eigenvalue weighted by atomic mass is 9.94. The molecule has 0 unspecified atom stereocenters. The first kappa shape index (κ1) is 37.7. The van der Waals surface area contributed by atoms with Crippen LogP contribution < -0.4 is 30.1 Å². The predicted molar refractivity (Wildman–Crippen MR) is 122 cm³/mol. The van der Waals surface area contributed by atoms with E-state index in [0.717, 1.165) is 6.26 Å². The van der Waals surface area contributed by atoms with Crippen LogP contribution in [0.5, 0.6) is 0 Å². The van der Waals surface area contributed by atoms with E-state index in [1.165, 1.54) is 0 Å². The zero-order valence-electron chi connectivity index (χ0n) is 20.9. The zero-order chi connectivity index (χ0) is 25.2. The Bertz CT molecular complexity index is 720. The number of aliphatic hydroxyl groups is 1. The van der Waals surface area contributed by atoms with E-state index in [1.54, 1.807) is 0 Å². The molecule has 0 spiro atoms. The third-order valence-corrected chi connectivity index (χ3v) is 6.61. The molecular formula is C19H39Cl2N3O8S2. The first-order chi connectivity index (χ1) is 14.3. The lowest BCUT2D eigenvalue weighted by molar-refractivity contribution is -0.870. The van der Waals surface area contributed by atoms with Crippen molar-refractivity contribution < 1.29 is 71.2 Å². The van der Waals surface area contributed by atoms with Gasteiger partial charge in [-0.25, -0.2) is 8.42 Å². The largest absolute Gasteiger partial charge is 1.00 e. The van der Waals surface area contributed by atoms with Crippen LogP contribution in [0, 0.1) is 0 Å². The highest BCUT2D eigenvalue weighted by molar-refractivity contribution is 8.71. The molecule has 1 amide bonds. The number of nitrogens with one attached hydrogen (secondary N) is 1. The minimum absolute atomic E-state index is 0. The number of quaternary nitrogens is 2. The number of likely N-dealkylation sites (N-methyl/N-ethyl adjacent to an activating group) is 2. The van der Waals surface area contributed by atoms with Crippen molar-refractivity contribution in [1.29, 1.82) is 0 Å². The van der Waals surface area contributed by atoms with Crippen molar-refractivity contribution in [2.45, 2.75) is 18.4 Å². The van der Waals surface area contributed by atoms with Gasteiger partial charge in [0.2, 0.25) is 0 Å². The molecule has 0 saturated carbocycles. The van der Waals surface area contributed by atoms with Gasteiger partial charge in [0.1, 0.15) is 26.3 Å². The highest BCUT2D eigenvalue weighted by Gasteiger charge is 2.41. The van der Waals surface area contributed by atoms with E-state index >= 15 is 0 Å². The fourth-order valence-electron chi connectivity index (χ4n) is 2.19. The summed E-state index contributed by atoms with van der Waals surface area (Å²) in [6.45, 7) is 1.13. The normalized spacial score (nSPS) is 12.1. The molecule has 0 heterocycles. The summed E-state index contributed by atoms with van der Waals surface area (Å²) in [6, 6.07) is 0. The lowest BCUT2D eigenvalue weighted by Gasteiger charge is -2.27. The van der Waals surface area contributed by atoms with Gasteiger partial charge in [-0.05, 0) is 10.8 Å². The Morgan fingerprint density at radius 3 is 1.59 bits per heavy atom. The SMILES string of the molecule is C[N+](C)(C)CCOC(=O)CC(O)(CC(=O)OCC[N+](C)(C)C)C(=O)NCCSS(C)(=O)=O.[Cl-].[Cl-]. The topological polar surface area (TPSA) is 136 Å². The second-order valence-electron chi connectivity index (χ2n) is 9.64. The monoisotopic (exact) mass is 571 g/mol. The van der Waals surface area contributed by atoms with Gasteiger partial charge in [0.25, 0.3) is 5.91 Å². The van der Waals surface area contributed by atoms with Crippen molar-refractivity contribution in [3.63, 3.8) is 0 Å². The molecule has 0 bridgehead atoms. The van der Waals surface area contributed by atoms with Crippen molar-refractivity contribution in [2.75, 3.05) is 87.1 Å². The summed E-state index contributed by atoms with van der Waals surface area (Å²) in [5.74, 6) is -2.59. The van der Waals surface area contributed by atoms with Crippen LogP contribution >= 0.6 is 10.8 Å². The summed E-state index contributed by atoms with van der Waals surface area (Å²) in [5.41, 5.74) is -2.38. The first-order valence-corrected chi connectivity index (χ1v) is 13.5. The van der Waals surface area contributed by atoms with E-state index in [-0.39, 0.29) is 50.3 Å². The number of rotatable bonds is 15. The average molecular weight is 573 g/mol. The molecule has 34 heavy (non-hydrogen) atoms. The Morgan fingerprint density at radius 2 is 1.26 bits per heavy atom. The minimum atomic E-state index is -3.29. The van der Waals surface area contributed by atoms with Gasteiger partial charge in [0.05, 0.1) is 55.1 Å². The third-order valence-electron chi connectivity index (χ3n) is 4.03. The van der Waals surface area contributed by atoms with Gasteiger partial charge < -0.3 is 53.7 Å². The molecule has 0 aliphatic rings. The van der Waals surface area contributed by atoms with Crippen molar-refractivity contribution in [3.8, 4) is 0 Å². The summed E-state index contributed by atoms with van der Waals surface area (Å²) in [6.07, 6.45) is -0.437. The smallest absolute Gasteiger partial charge is 0.309 e. The molecule has 204 valence electrons. The van der Waals surface area contributed by atoms with E-state index in [2.05, 4.69) is 5.32 Å². The first-order valence-electron chi connectivity index (χ1n) is 10.1. The predicted octanol–water partition coefficient (Wildman–Crippen LogP) is -7.19. The van der Waals surface area contributed by atoms with Gasteiger partial charge in [-0.15, -0.1) is 0 Å². The molecule has 0 saturated heterocycles. The fourth-order valence-corrected chi connectivity index (χ4v) is 3.84. The van der Waals surface area contributed by atoms with Crippen LogP contribution in [0.2, 0.25) is 0 Å². The molecule has 0 aromatic heterocycles. The highest BCUT2D eigenvalue weighted by Crippen LogP contribution is 2.19. The molecule has 0 aliphatic heterocycles. The number of hydrogen-bond donors (Lipinski definition) is 2. The Hall–Kier alpha value is -0.830. The molecule has 0 radical (unpaired) electrons. The molecule has 0 aliphatic carbocycles. The molecule has 0 rings (SSSR count). The van der Waals surface area contributed by atoms with Crippen molar-refractivity contribution >= 4 is 37.5 Å². The van der Waals surface area contributed by atoms with Crippen LogP contribution in [-0.4, -0.2) is 133 Å². The maximum absolute atomic E-state index is 12.6. The van der Waals surface area contributed by atoms with Gasteiger partial charge >= 0.3 is 11.9 Å². The maximum Gasteiger partial charge on any atom is 0.309 e. The Labute approximate surface area is 219 Å². The quantitative estimate of drug-likeness (QED) is 0.0849. The summed E-state index contributed by atoms with van der Waals surface area (Å²) in [7, 11) is 8.83. The minimum Gasteiger partial charge on any atom is -1.00 e. The van der Waals surface area contributed by atoms with Gasteiger partial charge in [-0.2, -0.15) is 0 Å². The molecule has 2 N–H and O–H groups in total. The van der Waals surface area contributed by atoms with Crippen LogP contribution in [0.25, 0.3) is 0 Å². The number of hydrogen-bond acceptors (Lipinski definition) is 9. The van der Waals surface area contributed by atoms with Crippen molar-refractivity contribution in [2.24, 2.45) is 0 Å². The molecule has 11 nitrogen and oxygen atoms in total. The summed E-state index contributed by atoms with van der Waals surface area (Å²) in [4.78, 5) is 37.0. The second-order valence-corrected chi connectivity index (χ2v) is 14.2. The molecule has 0 aromatic carbocycles. The number of halogens is 2. The highest BCUT2D eigenvalue weighted by atomic mass is 35.5. The van der Waals surface area contributed by atoms with E-state index in [9.17, 15) is 27.9 Å². The Kier molecular flexibility index (Phi) is 17.8. The number of amides is 1. The van der Waals surface area contributed by atoms with Gasteiger partial charge in [0.15, 0.2) is 14.5 Å². The average Bonchev–Trinajstić information content (AvgIpc) is 2.54. The van der Waals surface area contributed by atoms with E-state index in [4.69, 9.17) is 9.47 Å². The van der Waals surface area contributed by atoms with Crippen molar-refractivity contribution in [3.05, 3.63) is 0 Å². The molecule has 0 aromatic rings. The maximum atomic E-state index is 12.6. The van der Waals surface area contributed by atoms with E-state index < -0.39 is 45.2 Å². The van der Waals surface area contributed by atoms with Crippen LogP contribution in [0.15, 0.2) is 0 Å². The van der Waals surface area contributed by atoms with Crippen molar-refractivity contribution in [1.82, 2.24) is 5.32 Å². The van der Waals surface area contributed by atoms with Gasteiger partial charge in [-0.3, -0.25) is 14.4 Å². The summed E-state index contributed by atoms with van der Waals surface area (Å²) >= 11 is 0. The lowest BCUT2D eigenvalue weighted by Crippen LogP contribution is -3.00. The molecule has 0 atom stereocenters. The zero-order valence-corrected chi connectivity index (χ0v) is 24.1. The Morgan fingerprint density at radius 1 is 0.882 bits per heavy atom. The van der Waals surface area contributed by atoms with Crippen LogP contribution in [0.3, 0.4) is 0 Å². The van der Waals surface area contributed by atoms with E-state index in [1.807, 2.05) is 42.3 Å². The number of carbonyl (C=O) groups is 3. The fraction of sp³-hybridized carbons (Fsp3) is 0.842. The van der Waals surface area contributed by atoms with Gasteiger partial charge in [0, 0.05) is 18.6 Å². The van der Waals surface area contributed by atoms with Crippen LogP contribution in [-0.2, 0) is 32.7 Å². The summed E-state index contributed by atoms with van der Waals surface area (Å²) in [5, 5.41) is 13.2. The second kappa shape index (κ2) is 16.0. The number of nitrogens with zero attached hydrogens (tertiary/aromatic N) is 2. The third kappa shape index (κ3) is 20.5. The number of ether oxygens (including phenoxy) is 2. The van der Waals surface area contributed by atoms with Crippen LogP contribution in [0.1, 0.15) is 12.8 Å². The Balaban J connectivity index is -0.00000480.